The number of amides is 2. The molecule has 1 unspecified atom stereocenters. The summed E-state index contributed by atoms with van der Waals surface area (Å²) in [5.74, 6) is -0.920. The molecule has 4 heterocycles. The number of fused-ring (bicyclic) bond motifs is 1. The summed E-state index contributed by atoms with van der Waals surface area (Å²) in [6, 6.07) is 11.1. The van der Waals surface area contributed by atoms with Gasteiger partial charge in [0.2, 0.25) is 11.8 Å². The largest absolute Gasteiger partial charge is 0.345 e. The summed E-state index contributed by atoms with van der Waals surface area (Å²) < 4.78 is 44.4. The molecule has 1 atom stereocenters. The number of aromatic nitrogens is 3. The molecule has 0 aliphatic carbocycles. The molecule has 6 rings (SSSR count). The molecular formula is C30H29F3N6O3S. The van der Waals surface area contributed by atoms with Gasteiger partial charge in [-0.3, -0.25) is 19.6 Å². The number of halogens is 3. The first-order chi connectivity index (χ1) is 20.8. The zero-order chi connectivity index (χ0) is 30.0. The van der Waals surface area contributed by atoms with Gasteiger partial charge in [0.05, 0.1) is 29.8 Å². The number of rotatable bonds is 9. The van der Waals surface area contributed by atoms with Crippen molar-refractivity contribution in [3.8, 4) is 11.3 Å². The summed E-state index contributed by atoms with van der Waals surface area (Å²) in [6.45, 7) is -1.93. The third-order valence-corrected chi connectivity index (χ3v) is 8.81. The molecule has 43 heavy (non-hydrogen) atoms. The SMILES string of the molecule is O=C(CN1CCC(COC(F)F)(C(=O)Nc2ccc3[nH]nc(-c4ccc(F)cc4)c3c2)C1)N1CC=C(c2nccs2)CC1. The van der Waals surface area contributed by atoms with Crippen LogP contribution in [0.3, 0.4) is 0 Å². The van der Waals surface area contributed by atoms with Crippen molar-refractivity contribution < 1.29 is 27.5 Å². The molecule has 2 aromatic carbocycles. The lowest BCUT2D eigenvalue weighted by Gasteiger charge is -2.30. The predicted octanol–water partition coefficient (Wildman–Crippen LogP) is 5.01. The van der Waals surface area contributed by atoms with E-state index in [1.54, 1.807) is 52.8 Å². The molecule has 2 aliphatic rings. The highest BCUT2D eigenvalue weighted by Gasteiger charge is 2.46. The van der Waals surface area contributed by atoms with Gasteiger partial charge < -0.3 is 15.0 Å². The second-order valence-electron chi connectivity index (χ2n) is 10.8. The van der Waals surface area contributed by atoms with Gasteiger partial charge in [-0.25, -0.2) is 9.37 Å². The van der Waals surface area contributed by atoms with Crippen LogP contribution in [0.15, 0.2) is 60.1 Å². The molecule has 0 bridgehead atoms. The highest BCUT2D eigenvalue weighted by Crippen LogP contribution is 2.35. The second kappa shape index (κ2) is 12.3. The second-order valence-corrected chi connectivity index (χ2v) is 11.7. The van der Waals surface area contributed by atoms with Crippen molar-refractivity contribution in [2.24, 2.45) is 5.41 Å². The molecular weight excluding hydrogens is 581 g/mol. The predicted molar refractivity (Wildman–Crippen MR) is 157 cm³/mol. The van der Waals surface area contributed by atoms with Crippen molar-refractivity contribution in [2.45, 2.75) is 19.5 Å². The minimum absolute atomic E-state index is 0.0755. The molecule has 224 valence electrons. The van der Waals surface area contributed by atoms with Crippen molar-refractivity contribution in [1.29, 1.82) is 0 Å². The van der Waals surface area contributed by atoms with Crippen LogP contribution in [0, 0.1) is 11.2 Å². The minimum Gasteiger partial charge on any atom is -0.338 e. The van der Waals surface area contributed by atoms with Gasteiger partial charge in [-0.1, -0.05) is 6.08 Å². The van der Waals surface area contributed by atoms with Crippen LogP contribution in [-0.4, -0.2) is 82.7 Å². The zero-order valence-electron chi connectivity index (χ0n) is 23.1. The lowest BCUT2D eigenvalue weighted by Crippen LogP contribution is -2.45. The van der Waals surface area contributed by atoms with Crippen LogP contribution in [0.5, 0.6) is 0 Å². The number of hydrogen-bond donors (Lipinski definition) is 2. The molecule has 4 aromatic rings. The van der Waals surface area contributed by atoms with Crippen molar-refractivity contribution in [1.82, 2.24) is 25.0 Å². The van der Waals surface area contributed by atoms with E-state index in [0.717, 1.165) is 10.6 Å². The van der Waals surface area contributed by atoms with Crippen molar-refractivity contribution >= 4 is 45.3 Å². The lowest BCUT2D eigenvalue weighted by atomic mass is 9.86. The monoisotopic (exact) mass is 610 g/mol. The van der Waals surface area contributed by atoms with Crippen LogP contribution >= 0.6 is 11.3 Å². The van der Waals surface area contributed by atoms with E-state index in [4.69, 9.17) is 0 Å². The number of H-pyrrole nitrogens is 1. The van der Waals surface area contributed by atoms with E-state index >= 15 is 0 Å². The highest BCUT2D eigenvalue weighted by molar-refractivity contribution is 7.10. The quantitative estimate of drug-likeness (QED) is 0.276. The van der Waals surface area contributed by atoms with E-state index in [9.17, 15) is 22.8 Å². The normalized spacial score (nSPS) is 19.3. The van der Waals surface area contributed by atoms with Crippen molar-refractivity contribution in [3.05, 3.63) is 70.9 Å². The first-order valence-corrected chi connectivity index (χ1v) is 14.7. The average Bonchev–Trinajstić information content (AvgIpc) is 3.78. The number of nitrogens with one attached hydrogen (secondary N) is 2. The van der Waals surface area contributed by atoms with Crippen LogP contribution < -0.4 is 5.32 Å². The molecule has 9 nitrogen and oxygen atoms in total. The van der Waals surface area contributed by atoms with Crippen LogP contribution in [0.2, 0.25) is 0 Å². The standard InChI is InChI=1S/C30H29F3N6O3S/c31-21-3-1-19(2-4-21)26-23-15-22(5-6-24(23)36-37-26)35-28(41)30(18-42-29(32)33)9-13-38(17-30)16-25(40)39-11-7-20(8-12-39)27-34-10-14-43-27/h1-7,10,14-15,29H,8-9,11-13,16-18H2,(H,35,41)(H,36,37). The Labute approximate surface area is 249 Å². The highest BCUT2D eigenvalue weighted by atomic mass is 32.1. The van der Waals surface area contributed by atoms with Crippen molar-refractivity contribution in [2.75, 3.05) is 44.6 Å². The van der Waals surface area contributed by atoms with E-state index in [0.29, 0.717) is 53.9 Å². The number of benzene rings is 2. The maximum Gasteiger partial charge on any atom is 0.345 e. The number of likely N-dealkylation sites (tertiary alicyclic amines) is 1. The maximum atomic E-state index is 13.7. The lowest BCUT2D eigenvalue weighted by molar-refractivity contribution is -0.159. The third-order valence-electron chi connectivity index (χ3n) is 7.97. The Bertz CT molecular complexity index is 1640. The fourth-order valence-electron chi connectivity index (χ4n) is 5.63. The van der Waals surface area contributed by atoms with Gasteiger partial charge >= 0.3 is 6.61 Å². The molecule has 1 fully saturated rings. The van der Waals surface area contributed by atoms with Crippen molar-refractivity contribution in [3.63, 3.8) is 0 Å². The number of carbonyl (C=O) groups excluding carboxylic acids is 2. The Kier molecular flexibility index (Phi) is 8.28. The number of anilines is 1. The van der Waals surface area contributed by atoms with E-state index in [1.807, 2.05) is 16.4 Å². The number of aromatic amines is 1. The van der Waals surface area contributed by atoms with E-state index in [1.165, 1.54) is 12.1 Å². The summed E-state index contributed by atoms with van der Waals surface area (Å²) in [4.78, 5) is 34.7. The summed E-state index contributed by atoms with van der Waals surface area (Å²) in [5.41, 5.74) is 2.28. The third kappa shape index (κ3) is 6.33. The Morgan fingerprint density at radius 3 is 2.72 bits per heavy atom. The Balaban J connectivity index is 1.14. The van der Waals surface area contributed by atoms with Gasteiger partial charge in [-0.15, -0.1) is 11.3 Å². The first-order valence-electron chi connectivity index (χ1n) is 13.8. The summed E-state index contributed by atoms with van der Waals surface area (Å²) >= 11 is 1.56. The molecule has 0 radical (unpaired) electrons. The van der Waals surface area contributed by atoms with Crippen LogP contribution in [0.25, 0.3) is 27.7 Å². The number of carbonyl (C=O) groups is 2. The topological polar surface area (TPSA) is 103 Å². The Morgan fingerprint density at radius 2 is 2.00 bits per heavy atom. The summed E-state index contributed by atoms with van der Waals surface area (Å²) in [5, 5.41) is 13.7. The molecule has 2 N–H and O–H groups in total. The van der Waals surface area contributed by atoms with Crippen LogP contribution in [0.1, 0.15) is 17.8 Å². The van der Waals surface area contributed by atoms with Gasteiger partial charge in [-0.2, -0.15) is 13.9 Å². The average molecular weight is 611 g/mol. The number of hydrogen-bond acceptors (Lipinski definition) is 7. The van der Waals surface area contributed by atoms with Gasteiger partial charge in [0, 0.05) is 47.8 Å². The van der Waals surface area contributed by atoms with E-state index in [-0.39, 0.29) is 31.2 Å². The van der Waals surface area contributed by atoms with Gasteiger partial charge in [0.25, 0.3) is 0 Å². The molecule has 13 heteroatoms. The number of ether oxygens (including phenoxy) is 1. The van der Waals surface area contributed by atoms with E-state index in [2.05, 4.69) is 25.2 Å². The van der Waals surface area contributed by atoms with E-state index < -0.39 is 24.5 Å². The number of thiazole rings is 1. The zero-order valence-corrected chi connectivity index (χ0v) is 23.9. The molecule has 2 aliphatic heterocycles. The van der Waals surface area contributed by atoms with Gasteiger partial charge in [-0.05, 0) is 67.4 Å². The Hall–Kier alpha value is -4.07. The molecule has 0 saturated carbocycles. The molecule has 2 amide bonds. The molecule has 0 spiro atoms. The Morgan fingerprint density at radius 1 is 1.16 bits per heavy atom. The van der Waals surface area contributed by atoms with Crippen LogP contribution in [0.4, 0.5) is 18.9 Å². The van der Waals surface area contributed by atoms with Crippen LogP contribution in [-0.2, 0) is 14.3 Å². The number of alkyl halides is 2. The van der Waals surface area contributed by atoms with Gasteiger partial charge in [0.15, 0.2) is 0 Å². The fraction of sp³-hybridized carbons (Fsp3) is 0.333. The fourth-order valence-corrected chi connectivity index (χ4v) is 6.34. The molecule has 2 aromatic heterocycles. The minimum atomic E-state index is -3.03. The smallest absolute Gasteiger partial charge is 0.338 e. The maximum absolute atomic E-state index is 13.7. The molecule has 1 saturated heterocycles. The first kappa shape index (κ1) is 29.0. The summed E-state index contributed by atoms with van der Waals surface area (Å²) in [7, 11) is 0. The number of nitrogens with zero attached hydrogens (tertiary/aromatic N) is 4. The van der Waals surface area contributed by atoms with Gasteiger partial charge in [0.1, 0.15) is 10.8 Å². The summed E-state index contributed by atoms with van der Waals surface area (Å²) in [6.07, 6.45) is 4.73.